The number of piperidine rings is 1. The molecule has 1 amide bonds. The van der Waals surface area contributed by atoms with Crippen molar-refractivity contribution in [2.45, 2.75) is 56.8 Å². The maximum Gasteiger partial charge on any atom is 0.391 e. The predicted octanol–water partition coefficient (Wildman–Crippen LogP) is 1.98. The highest BCUT2D eigenvalue weighted by atomic mass is 19.4. The third kappa shape index (κ3) is 3.37. The number of hydrogen-bond acceptors (Lipinski definition) is 2. The molecule has 6 heteroatoms. The van der Waals surface area contributed by atoms with Crippen LogP contribution in [0.2, 0.25) is 0 Å². The van der Waals surface area contributed by atoms with Crippen LogP contribution in [-0.4, -0.2) is 30.7 Å². The highest BCUT2D eigenvalue weighted by Crippen LogP contribution is 2.37. The highest BCUT2D eigenvalue weighted by molar-refractivity contribution is 5.82. The molecule has 0 radical (unpaired) electrons. The minimum atomic E-state index is -4.10. The number of halogens is 3. The van der Waals surface area contributed by atoms with Gasteiger partial charge in [-0.1, -0.05) is 6.42 Å². The van der Waals surface area contributed by atoms with E-state index in [0.717, 1.165) is 19.3 Å². The van der Waals surface area contributed by atoms with Gasteiger partial charge in [-0.05, 0) is 32.1 Å². The second-order valence-corrected chi connectivity index (χ2v) is 5.25. The van der Waals surface area contributed by atoms with Gasteiger partial charge in [0.1, 0.15) is 0 Å². The van der Waals surface area contributed by atoms with Gasteiger partial charge in [-0.25, -0.2) is 0 Å². The Bertz CT molecular complexity index is 306. The normalized spacial score (nSPS) is 34.2. The molecular weight excluding hydrogens is 245 g/mol. The summed E-state index contributed by atoms with van der Waals surface area (Å²) in [4.78, 5) is 11.6. The molecule has 1 saturated heterocycles. The van der Waals surface area contributed by atoms with Gasteiger partial charge in [-0.2, -0.15) is 13.2 Å². The average molecular weight is 264 g/mol. The van der Waals surface area contributed by atoms with Crippen molar-refractivity contribution >= 4 is 5.91 Å². The molecule has 0 aromatic heterocycles. The fourth-order valence-corrected chi connectivity index (χ4v) is 2.85. The number of amides is 1. The molecule has 1 heterocycles. The van der Waals surface area contributed by atoms with Crippen molar-refractivity contribution < 1.29 is 18.0 Å². The molecule has 3 nitrogen and oxygen atoms in total. The molecule has 3 atom stereocenters. The third-order valence-corrected chi connectivity index (χ3v) is 3.86. The van der Waals surface area contributed by atoms with Crippen LogP contribution in [0, 0.1) is 5.92 Å². The van der Waals surface area contributed by atoms with E-state index >= 15 is 0 Å². The SMILES string of the molecule is O=C1NCCCC1NC1CCCC(C(F)(F)F)C1. The standard InChI is InChI=1S/C12H19F3N2O/c13-12(14,15)8-3-1-4-9(7-8)17-10-5-2-6-16-11(10)18/h8-10,17H,1-7H2,(H,16,18). The Labute approximate surface area is 104 Å². The van der Waals surface area contributed by atoms with Gasteiger partial charge in [0.2, 0.25) is 5.91 Å². The van der Waals surface area contributed by atoms with Crippen LogP contribution < -0.4 is 10.6 Å². The lowest BCUT2D eigenvalue weighted by atomic mass is 9.84. The van der Waals surface area contributed by atoms with Gasteiger partial charge in [0.15, 0.2) is 0 Å². The third-order valence-electron chi connectivity index (χ3n) is 3.86. The van der Waals surface area contributed by atoms with Gasteiger partial charge in [0.25, 0.3) is 0 Å². The Hall–Kier alpha value is -0.780. The first-order valence-electron chi connectivity index (χ1n) is 6.57. The summed E-state index contributed by atoms with van der Waals surface area (Å²) in [6.07, 6.45) is -0.856. The molecule has 0 aromatic rings. The average Bonchev–Trinajstić information content (AvgIpc) is 2.31. The van der Waals surface area contributed by atoms with Crippen molar-refractivity contribution in [2.24, 2.45) is 5.92 Å². The smallest absolute Gasteiger partial charge is 0.355 e. The van der Waals surface area contributed by atoms with Crippen LogP contribution in [0.3, 0.4) is 0 Å². The van der Waals surface area contributed by atoms with E-state index in [-0.39, 0.29) is 30.8 Å². The Morgan fingerprint density at radius 1 is 1.17 bits per heavy atom. The molecule has 1 aliphatic heterocycles. The molecule has 1 aliphatic carbocycles. The molecule has 2 aliphatic rings. The monoisotopic (exact) mass is 264 g/mol. The van der Waals surface area contributed by atoms with Crippen molar-refractivity contribution in [2.75, 3.05) is 6.54 Å². The second-order valence-electron chi connectivity index (χ2n) is 5.25. The first-order chi connectivity index (χ1) is 8.47. The molecule has 18 heavy (non-hydrogen) atoms. The maximum atomic E-state index is 12.7. The summed E-state index contributed by atoms with van der Waals surface area (Å²) in [5, 5.41) is 5.84. The van der Waals surface area contributed by atoms with Crippen LogP contribution in [0.1, 0.15) is 38.5 Å². The number of rotatable bonds is 2. The summed E-state index contributed by atoms with van der Waals surface area (Å²) < 4.78 is 38.0. The number of hydrogen-bond donors (Lipinski definition) is 2. The zero-order chi connectivity index (χ0) is 13.2. The molecule has 2 rings (SSSR count). The van der Waals surface area contributed by atoms with Crippen LogP contribution in [0.4, 0.5) is 13.2 Å². The van der Waals surface area contributed by atoms with Crippen molar-refractivity contribution in [3.63, 3.8) is 0 Å². The summed E-state index contributed by atoms with van der Waals surface area (Å²) in [5.41, 5.74) is 0. The first-order valence-corrected chi connectivity index (χ1v) is 6.57. The molecular formula is C12H19F3N2O. The fraction of sp³-hybridized carbons (Fsp3) is 0.917. The van der Waals surface area contributed by atoms with E-state index in [1.165, 1.54) is 0 Å². The van der Waals surface area contributed by atoms with E-state index in [0.29, 0.717) is 13.0 Å². The molecule has 104 valence electrons. The summed E-state index contributed by atoms with van der Waals surface area (Å²) in [6, 6.07) is -0.491. The van der Waals surface area contributed by atoms with Gasteiger partial charge < -0.3 is 10.6 Å². The van der Waals surface area contributed by atoms with E-state index < -0.39 is 12.1 Å². The Balaban J connectivity index is 1.87. The van der Waals surface area contributed by atoms with Crippen LogP contribution >= 0.6 is 0 Å². The highest BCUT2D eigenvalue weighted by Gasteiger charge is 2.42. The molecule has 1 saturated carbocycles. The number of alkyl halides is 3. The van der Waals surface area contributed by atoms with Crippen molar-refractivity contribution in [1.29, 1.82) is 0 Å². The van der Waals surface area contributed by atoms with Gasteiger partial charge in [0, 0.05) is 12.6 Å². The van der Waals surface area contributed by atoms with Crippen LogP contribution in [0.25, 0.3) is 0 Å². The van der Waals surface area contributed by atoms with E-state index in [9.17, 15) is 18.0 Å². The molecule has 3 unspecified atom stereocenters. The number of carbonyl (C=O) groups is 1. The predicted molar refractivity (Wildman–Crippen MR) is 61.0 cm³/mol. The van der Waals surface area contributed by atoms with E-state index in [2.05, 4.69) is 10.6 Å². The molecule has 0 bridgehead atoms. The van der Waals surface area contributed by atoms with Gasteiger partial charge in [-0.15, -0.1) is 0 Å². The second kappa shape index (κ2) is 5.47. The fourth-order valence-electron chi connectivity index (χ4n) is 2.85. The zero-order valence-electron chi connectivity index (χ0n) is 10.2. The Kier molecular flexibility index (Phi) is 4.14. The van der Waals surface area contributed by atoms with Gasteiger partial charge in [0.05, 0.1) is 12.0 Å². The minimum absolute atomic E-state index is 0.0737. The molecule has 0 spiro atoms. The largest absolute Gasteiger partial charge is 0.391 e. The van der Waals surface area contributed by atoms with Crippen molar-refractivity contribution in [3.05, 3.63) is 0 Å². The number of carbonyl (C=O) groups excluding carboxylic acids is 1. The summed E-state index contributed by atoms with van der Waals surface area (Å²) >= 11 is 0. The summed E-state index contributed by atoms with van der Waals surface area (Å²) in [7, 11) is 0. The van der Waals surface area contributed by atoms with Crippen molar-refractivity contribution in [3.8, 4) is 0 Å². The maximum absolute atomic E-state index is 12.7. The van der Waals surface area contributed by atoms with Gasteiger partial charge in [-0.3, -0.25) is 4.79 Å². The zero-order valence-corrected chi connectivity index (χ0v) is 10.2. The van der Waals surface area contributed by atoms with Gasteiger partial charge >= 0.3 is 6.18 Å². The molecule has 2 N–H and O–H groups in total. The quantitative estimate of drug-likeness (QED) is 0.800. The molecule has 2 fully saturated rings. The van der Waals surface area contributed by atoms with E-state index in [1.54, 1.807) is 0 Å². The lowest BCUT2D eigenvalue weighted by Gasteiger charge is -2.34. The van der Waals surface area contributed by atoms with Crippen LogP contribution in [0.5, 0.6) is 0 Å². The minimum Gasteiger partial charge on any atom is -0.355 e. The van der Waals surface area contributed by atoms with E-state index in [1.807, 2.05) is 0 Å². The molecule has 0 aromatic carbocycles. The van der Waals surface area contributed by atoms with Crippen molar-refractivity contribution in [1.82, 2.24) is 10.6 Å². The number of nitrogens with one attached hydrogen (secondary N) is 2. The van der Waals surface area contributed by atoms with Crippen LogP contribution in [0.15, 0.2) is 0 Å². The Morgan fingerprint density at radius 2 is 1.94 bits per heavy atom. The lowest BCUT2D eigenvalue weighted by Crippen LogP contribution is -2.53. The summed E-state index contributed by atoms with van der Waals surface area (Å²) in [6.45, 7) is 0.673. The van der Waals surface area contributed by atoms with Crippen LogP contribution in [-0.2, 0) is 4.79 Å². The van der Waals surface area contributed by atoms with E-state index in [4.69, 9.17) is 0 Å². The summed E-state index contributed by atoms with van der Waals surface area (Å²) in [5.74, 6) is -1.29. The topological polar surface area (TPSA) is 41.1 Å². The first kappa shape index (κ1) is 13.6. The Morgan fingerprint density at radius 3 is 2.61 bits per heavy atom. The lowest BCUT2D eigenvalue weighted by molar-refractivity contribution is -0.183.